The van der Waals surface area contributed by atoms with E-state index in [0.29, 0.717) is 25.9 Å². The third kappa shape index (κ3) is 4.92. The highest BCUT2D eigenvalue weighted by molar-refractivity contribution is 5.76. The number of nitrogens with two attached hydrogens (primary N) is 1. The van der Waals surface area contributed by atoms with Crippen LogP contribution in [-0.4, -0.2) is 23.9 Å². The Morgan fingerprint density at radius 1 is 1.44 bits per heavy atom. The molecule has 0 aromatic heterocycles. The van der Waals surface area contributed by atoms with Gasteiger partial charge in [-0.3, -0.25) is 14.9 Å². The Kier molecular flexibility index (Phi) is 5.79. The minimum absolute atomic E-state index is 0.0519. The van der Waals surface area contributed by atoms with Gasteiger partial charge in [0.15, 0.2) is 0 Å². The minimum Gasteiger partial charge on any atom is -0.356 e. The first-order valence-corrected chi connectivity index (χ1v) is 5.83. The van der Waals surface area contributed by atoms with Crippen LogP contribution in [-0.2, 0) is 11.2 Å². The van der Waals surface area contributed by atoms with Gasteiger partial charge in [-0.25, -0.2) is 0 Å². The molecule has 1 aromatic rings. The van der Waals surface area contributed by atoms with E-state index in [1.807, 2.05) is 0 Å². The van der Waals surface area contributed by atoms with Crippen LogP contribution in [0.5, 0.6) is 0 Å². The summed E-state index contributed by atoms with van der Waals surface area (Å²) < 4.78 is 0. The first kappa shape index (κ1) is 14.1. The van der Waals surface area contributed by atoms with Crippen LogP contribution in [0.2, 0.25) is 0 Å². The predicted molar refractivity (Wildman–Crippen MR) is 68.1 cm³/mol. The summed E-state index contributed by atoms with van der Waals surface area (Å²) in [5, 5.41) is 13.3. The zero-order valence-electron chi connectivity index (χ0n) is 10.1. The molecule has 0 radical (unpaired) electrons. The van der Waals surface area contributed by atoms with Crippen LogP contribution in [0.1, 0.15) is 18.4 Å². The molecule has 0 saturated carbocycles. The Hall–Kier alpha value is -1.95. The molecular weight excluding hydrogens is 234 g/mol. The summed E-state index contributed by atoms with van der Waals surface area (Å²) >= 11 is 0. The van der Waals surface area contributed by atoms with Crippen molar-refractivity contribution < 1.29 is 9.72 Å². The van der Waals surface area contributed by atoms with Gasteiger partial charge in [0.1, 0.15) is 0 Å². The third-order valence-corrected chi connectivity index (χ3v) is 2.47. The van der Waals surface area contributed by atoms with Gasteiger partial charge in [-0.05, 0) is 24.9 Å². The van der Waals surface area contributed by atoms with Crippen molar-refractivity contribution in [1.29, 1.82) is 0 Å². The summed E-state index contributed by atoms with van der Waals surface area (Å²) in [6.45, 7) is 1.12. The molecule has 0 aliphatic rings. The lowest BCUT2D eigenvalue weighted by Crippen LogP contribution is -2.26. The molecule has 6 nitrogen and oxygen atoms in total. The van der Waals surface area contributed by atoms with Crippen molar-refractivity contribution in [3.8, 4) is 0 Å². The molecule has 0 atom stereocenters. The SMILES string of the molecule is NCCCNC(=O)CCc1cccc([N+](=O)[O-])c1. The molecular formula is C12H17N3O3. The molecule has 0 bridgehead atoms. The first-order chi connectivity index (χ1) is 8.63. The number of rotatable bonds is 7. The average Bonchev–Trinajstić information content (AvgIpc) is 2.37. The van der Waals surface area contributed by atoms with E-state index in [4.69, 9.17) is 5.73 Å². The number of benzene rings is 1. The summed E-state index contributed by atoms with van der Waals surface area (Å²) in [4.78, 5) is 21.6. The maximum absolute atomic E-state index is 11.4. The van der Waals surface area contributed by atoms with E-state index < -0.39 is 4.92 Å². The minimum atomic E-state index is -0.440. The van der Waals surface area contributed by atoms with Crippen molar-refractivity contribution in [3.05, 3.63) is 39.9 Å². The van der Waals surface area contributed by atoms with Gasteiger partial charge >= 0.3 is 0 Å². The lowest BCUT2D eigenvalue weighted by Gasteiger charge is -2.04. The van der Waals surface area contributed by atoms with Gasteiger partial charge in [-0.15, -0.1) is 0 Å². The van der Waals surface area contributed by atoms with E-state index in [2.05, 4.69) is 5.32 Å². The standard InChI is InChI=1S/C12H17N3O3/c13-7-2-8-14-12(16)6-5-10-3-1-4-11(9-10)15(17)18/h1,3-4,9H,2,5-8,13H2,(H,14,16). The second-order valence-electron chi connectivity index (χ2n) is 3.92. The second kappa shape index (κ2) is 7.39. The number of nitrogens with zero attached hydrogens (tertiary/aromatic N) is 1. The van der Waals surface area contributed by atoms with Crippen LogP contribution in [0.4, 0.5) is 5.69 Å². The fourth-order valence-corrected chi connectivity index (χ4v) is 1.50. The number of non-ortho nitro benzene ring substituents is 1. The molecule has 1 rings (SSSR count). The van der Waals surface area contributed by atoms with E-state index in [1.165, 1.54) is 12.1 Å². The number of nitrogens with one attached hydrogen (secondary N) is 1. The normalized spacial score (nSPS) is 10.1. The Bertz CT molecular complexity index is 421. The molecule has 98 valence electrons. The molecule has 1 amide bonds. The molecule has 6 heteroatoms. The highest BCUT2D eigenvalue weighted by atomic mass is 16.6. The van der Waals surface area contributed by atoms with Crippen LogP contribution in [0.25, 0.3) is 0 Å². The molecule has 1 aromatic carbocycles. The summed E-state index contributed by atoms with van der Waals surface area (Å²) in [6.07, 6.45) is 1.57. The number of hydrogen-bond acceptors (Lipinski definition) is 4. The zero-order chi connectivity index (χ0) is 13.4. The number of carbonyl (C=O) groups excluding carboxylic acids is 1. The van der Waals surface area contributed by atoms with E-state index in [1.54, 1.807) is 12.1 Å². The Morgan fingerprint density at radius 3 is 2.89 bits per heavy atom. The van der Waals surface area contributed by atoms with Gasteiger partial charge in [-0.1, -0.05) is 12.1 Å². The van der Waals surface area contributed by atoms with E-state index in [9.17, 15) is 14.9 Å². The van der Waals surface area contributed by atoms with E-state index in [0.717, 1.165) is 12.0 Å². The number of nitro groups is 1. The lowest BCUT2D eigenvalue weighted by molar-refractivity contribution is -0.384. The zero-order valence-corrected chi connectivity index (χ0v) is 10.1. The highest BCUT2D eigenvalue weighted by Gasteiger charge is 2.07. The van der Waals surface area contributed by atoms with Crippen molar-refractivity contribution in [2.24, 2.45) is 5.73 Å². The highest BCUT2D eigenvalue weighted by Crippen LogP contribution is 2.14. The topological polar surface area (TPSA) is 98.3 Å². The Balaban J connectivity index is 2.41. The monoisotopic (exact) mass is 251 g/mol. The van der Waals surface area contributed by atoms with E-state index >= 15 is 0 Å². The summed E-state index contributed by atoms with van der Waals surface area (Å²) in [6, 6.07) is 6.33. The number of hydrogen-bond donors (Lipinski definition) is 2. The Morgan fingerprint density at radius 2 is 2.22 bits per heavy atom. The van der Waals surface area contributed by atoms with Crippen LogP contribution in [0.3, 0.4) is 0 Å². The van der Waals surface area contributed by atoms with Crippen molar-refractivity contribution in [2.45, 2.75) is 19.3 Å². The molecule has 0 fully saturated rings. The van der Waals surface area contributed by atoms with Crippen LogP contribution in [0.15, 0.2) is 24.3 Å². The average molecular weight is 251 g/mol. The van der Waals surface area contributed by atoms with Gasteiger partial charge in [0.2, 0.25) is 5.91 Å². The summed E-state index contributed by atoms with van der Waals surface area (Å²) in [5.41, 5.74) is 6.15. The maximum Gasteiger partial charge on any atom is 0.269 e. The van der Waals surface area contributed by atoms with Gasteiger partial charge in [0.05, 0.1) is 4.92 Å². The van der Waals surface area contributed by atoms with Crippen LogP contribution in [0, 0.1) is 10.1 Å². The fraction of sp³-hybridized carbons (Fsp3) is 0.417. The van der Waals surface area contributed by atoms with Crippen LogP contribution < -0.4 is 11.1 Å². The summed E-state index contributed by atoms with van der Waals surface area (Å²) in [5.74, 6) is -0.0602. The van der Waals surface area contributed by atoms with Gasteiger partial charge in [0, 0.05) is 25.1 Å². The number of aryl methyl sites for hydroxylation is 1. The first-order valence-electron chi connectivity index (χ1n) is 5.83. The van der Waals surface area contributed by atoms with Crippen LogP contribution >= 0.6 is 0 Å². The van der Waals surface area contributed by atoms with Gasteiger partial charge in [-0.2, -0.15) is 0 Å². The Labute approximate surface area is 105 Å². The molecule has 0 unspecified atom stereocenters. The smallest absolute Gasteiger partial charge is 0.269 e. The van der Waals surface area contributed by atoms with Crippen molar-refractivity contribution in [2.75, 3.05) is 13.1 Å². The number of nitro benzene ring substituents is 1. The molecule has 0 heterocycles. The number of amides is 1. The quantitative estimate of drug-likeness (QED) is 0.429. The molecule has 0 aliphatic carbocycles. The second-order valence-corrected chi connectivity index (χ2v) is 3.92. The molecule has 0 aliphatic heterocycles. The lowest BCUT2D eigenvalue weighted by atomic mass is 10.1. The largest absolute Gasteiger partial charge is 0.356 e. The fourth-order valence-electron chi connectivity index (χ4n) is 1.50. The van der Waals surface area contributed by atoms with Crippen molar-refractivity contribution >= 4 is 11.6 Å². The number of carbonyl (C=O) groups is 1. The van der Waals surface area contributed by atoms with Gasteiger partial charge in [0.25, 0.3) is 5.69 Å². The summed E-state index contributed by atoms with van der Waals surface area (Å²) in [7, 11) is 0. The third-order valence-electron chi connectivity index (χ3n) is 2.47. The molecule has 0 saturated heterocycles. The van der Waals surface area contributed by atoms with Crippen molar-refractivity contribution in [1.82, 2.24) is 5.32 Å². The van der Waals surface area contributed by atoms with Gasteiger partial charge < -0.3 is 11.1 Å². The molecule has 3 N–H and O–H groups in total. The maximum atomic E-state index is 11.4. The van der Waals surface area contributed by atoms with E-state index in [-0.39, 0.29) is 11.6 Å². The molecule has 18 heavy (non-hydrogen) atoms. The molecule has 0 spiro atoms. The predicted octanol–water partition coefficient (Wildman–Crippen LogP) is 0.992. The van der Waals surface area contributed by atoms with Crippen molar-refractivity contribution in [3.63, 3.8) is 0 Å².